The average Bonchev–Trinajstić information content (AvgIpc) is 3.17. The summed E-state index contributed by atoms with van der Waals surface area (Å²) in [5, 5.41) is 9.82. The first kappa shape index (κ1) is 18.7. The van der Waals surface area contributed by atoms with Gasteiger partial charge in [0, 0.05) is 11.3 Å². The molecule has 2 aromatic carbocycles. The van der Waals surface area contributed by atoms with Crippen LogP contribution in [0.4, 0.5) is 11.6 Å². The molecular formula is C21H21N5O3. The molecule has 3 aromatic rings. The van der Waals surface area contributed by atoms with E-state index in [1.165, 1.54) is 6.33 Å². The average molecular weight is 391 g/mol. The second kappa shape index (κ2) is 7.75. The number of nitrogens with zero attached hydrogens (tertiary/aromatic N) is 3. The fourth-order valence-corrected chi connectivity index (χ4v) is 3.46. The van der Waals surface area contributed by atoms with Crippen LogP contribution in [0.25, 0.3) is 0 Å². The SMILES string of the molecule is Cc1cccc(C)c1NC(=O)COc1ccccc1[C@H]1CC(=O)Nc2ncnn21. The molecule has 8 nitrogen and oxygen atoms in total. The number of para-hydroxylation sites is 2. The molecule has 8 heteroatoms. The van der Waals surface area contributed by atoms with E-state index in [1.807, 2.05) is 50.2 Å². The Morgan fingerprint density at radius 3 is 2.76 bits per heavy atom. The highest BCUT2D eigenvalue weighted by Crippen LogP contribution is 2.34. The van der Waals surface area contributed by atoms with Crippen LogP contribution < -0.4 is 15.4 Å². The van der Waals surface area contributed by atoms with Gasteiger partial charge < -0.3 is 10.1 Å². The summed E-state index contributed by atoms with van der Waals surface area (Å²) in [6, 6.07) is 12.8. The van der Waals surface area contributed by atoms with E-state index in [4.69, 9.17) is 4.74 Å². The molecule has 148 valence electrons. The van der Waals surface area contributed by atoms with Crippen LogP contribution in [-0.4, -0.2) is 33.2 Å². The third kappa shape index (κ3) is 3.82. The van der Waals surface area contributed by atoms with Crippen molar-refractivity contribution < 1.29 is 14.3 Å². The molecule has 2 heterocycles. The number of anilines is 2. The lowest BCUT2D eigenvalue weighted by molar-refractivity contribution is -0.118. The van der Waals surface area contributed by atoms with Crippen LogP contribution in [0, 0.1) is 13.8 Å². The molecule has 1 aliphatic heterocycles. The van der Waals surface area contributed by atoms with Crippen LogP contribution >= 0.6 is 0 Å². The van der Waals surface area contributed by atoms with Crippen molar-refractivity contribution >= 4 is 23.5 Å². The predicted octanol–water partition coefficient (Wildman–Crippen LogP) is 2.84. The third-order valence-electron chi connectivity index (χ3n) is 4.88. The first-order valence-electron chi connectivity index (χ1n) is 9.30. The molecule has 0 saturated carbocycles. The number of aromatic nitrogens is 3. The second-order valence-corrected chi connectivity index (χ2v) is 6.94. The Bertz CT molecular complexity index is 1060. The Kier molecular flexibility index (Phi) is 4.99. The molecule has 29 heavy (non-hydrogen) atoms. The van der Waals surface area contributed by atoms with Crippen molar-refractivity contribution in [3.05, 3.63) is 65.5 Å². The van der Waals surface area contributed by atoms with Gasteiger partial charge in [-0.05, 0) is 31.0 Å². The van der Waals surface area contributed by atoms with Gasteiger partial charge in [0.2, 0.25) is 11.9 Å². The molecule has 1 aromatic heterocycles. The maximum Gasteiger partial charge on any atom is 0.262 e. The zero-order valence-corrected chi connectivity index (χ0v) is 16.2. The highest BCUT2D eigenvalue weighted by atomic mass is 16.5. The Morgan fingerprint density at radius 2 is 1.97 bits per heavy atom. The lowest BCUT2D eigenvalue weighted by atomic mass is 10.0. The van der Waals surface area contributed by atoms with Crippen molar-refractivity contribution in [3.8, 4) is 5.75 Å². The van der Waals surface area contributed by atoms with Crippen LogP contribution in [0.3, 0.4) is 0 Å². The largest absolute Gasteiger partial charge is 0.483 e. The Morgan fingerprint density at radius 1 is 1.21 bits per heavy atom. The molecule has 1 aliphatic rings. The normalized spacial score (nSPS) is 15.4. The van der Waals surface area contributed by atoms with Gasteiger partial charge in [-0.1, -0.05) is 36.4 Å². The van der Waals surface area contributed by atoms with Crippen LogP contribution in [0.5, 0.6) is 5.75 Å². The third-order valence-corrected chi connectivity index (χ3v) is 4.88. The van der Waals surface area contributed by atoms with E-state index < -0.39 is 0 Å². The number of ether oxygens (including phenoxy) is 1. The van der Waals surface area contributed by atoms with Gasteiger partial charge in [0.15, 0.2) is 6.61 Å². The molecule has 1 atom stereocenters. The topological polar surface area (TPSA) is 98.1 Å². The lowest BCUT2D eigenvalue weighted by Crippen LogP contribution is -2.29. The highest BCUT2D eigenvalue weighted by molar-refractivity contribution is 5.93. The van der Waals surface area contributed by atoms with Gasteiger partial charge in [-0.3, -0.25) is 14.9 Å². The molecule has 4 rings (SSSR count). The highest BCUT2D eigenvalue weighted by Gasteiger charge is 2.29. The lowest BCUT2D eigenvalue weighted by Gasteiger charge is -2.25. The van der Waals surface area contributed by atoms with Crippen molar-refractivity contribution in [1.29, 1.82) is 0 Å². The minimum Gasteiger partial charge on any atom is -0.483 e. The fourth-order valence-electron chi connectivity index (χ4n) is 3.46. The van der Waals surface area contributed by atoms with Gasteiger partial charge >= 0.3 is 0 Å². The van der Waals surface area contributed by atoms with Gasteiger partial charge in [0.1, 0.15) is 12.1 Å². The first-order valence-corrected chi connectivity index (χ1v) is 9.30. The molecule has 0 aliphatic carbocycles. The summed E-state index contributed by atoms with van der Waals surface area (Å²) in [5.41, 5.74) is 3.55. The second-order valence-electron chi connectivity index (χ2n) is 6.94. The number of benzene rings is 2. The van der Waals surface area contributed by atoms with E-state index in [9.17, 15) is 9.59 Å². The van der Waals surface area contributed by atoms with Crippen LogP contribution in [0.2, 0.25) is 0 Å². The molecule has 0 fully saturated rings. The van der Waals surface area contributed by atoms with Gasteiger partial charge in [-0.15, -0.1) is 0 Å². The Hall–Kier alpha value is -3.68. The van der Waals surface area contributed by atoms with E-state index in [2.05, 4.69) is 20.7 Å². The Labute approximate surface area is 167 Å². The Balaban J connectivity index is 1.51. The minimum absolute atomic E-state index is 0.141. The first-order chi connectivity index (χ1) is 14.0. The number of fused-ring (bicyclic) bond motifs is 1. The summed E-state index contributed by atoms with van der Waals surface area (Å²) in [5.74, 6) is 0.539. The summed E-state index contributed by atoms with van der Waals surface area (Å²) in [4.78, 5) is 28.6. The van der Waals surface area contributed by atoms with Crippen LogP contribution in [0.1, 0.15) is 29.2 Å². The molecule has 0 unspecified atom stereocenters. The molecule has 0 saturated heterocycles. The zero-order chi connectivity index (χ0) is 20.4. The molecular weight excluding hydrogens is 370 g/mol. The molecule has 2 amide bonds. The van der Waals surface area contributed by atoms with Gasteiger partial charge in [0.25, 0.3) is 5.91 Å². The van der Waals surface area contributed by atoms with E-state index >= 15 is 0 Å². The van der Waals surface area contributed by atoms with Gasteiger partial charge in [-0.25, -0.2) is 4.68 Å². The number of carbonyl (C=O) groups is 2. The monoisotopic (exact) mass is 391 g/mol. The quantitative estimate of drug-likeness (QED) is 0.697. The van der Waals surface area contributed by atoms with E-state index in [0.717, 1.165) is 22.4 Å². The van der Waals surface area contributed by atoms with Crippen molar-refractivity contribution in [1.82, 2.24) is 14.8 Å². The van der Waals surface area contributed by atoms with Gasteiger partial charge in [-0.2, -0.15) is 10.1 Å². The number of hydrogen-bond acceptors (Lipinski definition) is 5. The van der Waals surface area contributed by atoms with E-state index in [-0.39, 0.29) is 30.9 Å². The van der Waals surface area contributed by atoms with Crippen molar-refractivity contribution in [2.24, 2.45) is 0 Å². The summed E-state index contributed by atoms with van der Waals surface area (Å²) >= 11 is 0. The van der Waals surface area contributed by atoms with Crippen molar-refractivity contribution in [2.45, 2.75) is 26.3 Å². The molecule has 0 radical (unpaired) electrons. The minimum atomic E-state index is -0.348. The fraction of sp³-hybridized carbons (Fsp3) is 0.238. The van der Waals surface area contributed by atoms with Gasteiger partial charge in [0.05, 0.1) is 12.5 Å². The molecule has 0 spiro atoms. The standard InChI is InChI=1S/C21H21N5O3/c1-13-6-5-7-14(2)20(13)24-19(28)11-29-17-9-4-3-8-15(17)16-10-18(27)25-21-22-12-23-26(16)21/h3-9,12,16H,10-11H2,1-2H3,(H,24,28)(H,22,23,25,27)/t16-/m1/s1. The predicted molar refractivity (Wildman–Crippen MR) is 108 cm³/mol. The van der Waals surface area contributed by atoms with E-state index in [1.54, 1.807) is 10.7 Å². The summed E-state index contributed by atoms with van der Waals surface area (Å²) < 4.78 is 7.48. The summed E-state index contributed by atoms with van der Waals surface area (Å²) in [6.45, 7) is 3.75. The zero-order valence-electron chi connectivity index (χ0n) is 16.2. The van der Waals surface area contributed by atoms with Crippen molar-refractivity contribution in [3.63, 3.8) is 0 Å². The maximum absolute atomic E-state index is 12.5. The number of hydrogen-bond donors (Lipinski definition) is 2. The van der Waals surface area contributed by atoms with Crippen molar-refractivity contribution in [2.75, 3.05) is 17.2 Å². The maximum atomic E-state index is 12.5. The number of nitrogens with one attached hydrogen (secondary N) is 2. The number of rotatable bonds is 5. The molecule has 2 N–H and O–H groups in total. The van der Waals surface area contributed by atoms with Crippen LogP contribution in [0.15, 0.2) is 48.8 Å². The smallest absolute Gasteiger partial charge is 0.262 e. The van der Waals surface area contributed by atoms with E-state index in [0.29, 0.717) is 11.7 Å². The number of carbonyl (C=O) groups excluding carboxylic acids is 2. The number of amides is 2. The summed E-state index contributed by atoms with van der Waals surface area (Å²) in [6.07, 6.45) is 1.61. The summed E-state index contributed by atoms with van der Waals surface area (Å²) in [7, 11) is 0. The van der Waals surface area contributed by atoms with Crippen LogP contribution in [-0.2, 0) is 9.59 Å². The molecule has 0 bridgehead atoms. The number of aryl methyl sites for hydroxylation is 2.